The highest BCUT2D eigenvalue weighted by atomic mass is 16.5. The molecule has 1 aromatic heterocycles. The second-order valence-corrected chi connectivity index (χ2v) is 3.00. The molecule has 2 aromatic rings. The summed E-state index contributed by atoms with van der Waals surface area (Å²) in [6.07, 6.45) is 0.626. The van der Waals surface area contributed by atoms with Crippen molar-refractivity contribution in [1.82, 2.24) is 20.6 Å². The lowest BCUT2D eigenvalue weighted by Gasteiger charge is -2.03. The smallest absolute Gasteiger partial charge is 0.177 e. The number of hydrogen-bond donors (Lipinski definition) is 2. The van der Waals surface area contributed by atoms with Crippen LogP contribution in [0, 0.1) is 0 Å². The average molecular weight is 205 g/mol. The van der Waals surface area contributed by atoms with E-state index in [2.05, 4.69) is 20.6 Å². The molecule has 15 heavy (non-hydrogen) atoms. The van der Waals surface area contributed by atoms with Crippen molar-refractivity contribution in [2.45, 2.75) is 6.42 Å². The van der Waals surface area contributed by atoms with E-state index in [1.54, 1.807) is 12.1 Å². The largest absolute Gasteiger partial charge is 0.493 e. The maximum atomic E-state index is 5.54. The molecule has 6 heteroatoms. The molecule has 2 rings (SSSR count). The Balaban J connectivity index is 1.81. The highest BCUT2D eigenvalue weighted by molar-refractivity contribution is 5.41. The second-order valence-electron chi connectivity index (χ2n) is 3.00. The maximum Gasteiger partial charge on any atom is 0.177 e. The van der Waals surface area contributed by atoms with Gasteiger partial charge in [0.1, 0.15) is 5.75 Å². The molecule has 0 spiro atoms. The number of hydrogen-bond acceptors (Lipinski definition) is 5. The zero-order valence-corrected chi connectivity index (χ0v) is 8.05. The Morgan fingerprint density at radius 3 is 2.73 bits per heavy atom. The Kier molecular flexibility index (Phi) is 2.77. The van der Waals surface area contributed by atoms with Crippen LogP contribution in [0.25, 0.3) is 0 Å². The quantitative estimate of drug-likeness (QED) is 0.705. The molecule has 0 radical (unpaired) electrons. The van der Waals surface area contributed by atoms with Gasteiger partial charge in [-0.15, -0.1) is 10.2 Å². The van der Waals surface area contributed by atoms with Crippen molar-refractivity contribution in [2.24, 2.45) is 0 Å². The van der Waals surface area contributed by atoms with E-state index in [4.69, 9.17) is 10.5 Å². The molecular formula is C9H11N5O. The van der Waals surface area contributed by atoms with Crippen LogP contribution in [0.4, 0.5) is 5.69 Å². The Morgan fingerprint density at radius 1 is 1.27 bits per heavy atom. The first-order chi connectivity index (χ1) is 7.34. The number of anilines is 1. The van der Waals surface area contributed by atoms with Crippen molar-refractivity contribution in [1.29, 1.82) is 0 Å². The molecule has 0 saturated carbocycles. The van der Waals surface area contributed by atoms with Crippen LogP contribution >= 0.6 is 0 Å². The first-order valence-corrected chi connectivity index (χ1v) is 4.55. The lowest BCUT2D eigenvalue weighted by atomic mass is 10.3. The van der Waals surface area contributed by atoms with Crippen LogP contribution in [0.5, 0.6) is 5.75 Å². The number of ether oxygens (including phenoxy) is 1. The minimum absolute atomic E-state index is 0.517. The minimum atomic E-state index is 0.517. The highest BCUT2D eigenvalue weighted by Gasteiger charge is 1.98. The molecule has 1 heterocycles. The molecule has 0 unspecified atom stereocenters. The third-order valence-electron chi connectivity index (χ3n) is 1.86. The van der Waals surface area contributed by atoms with Gasteiger partial charge in [-0.05, 0) is 24.3 Å². The predicted octanol–water partition coefficient (Wildman–Crippen LogP) is 0.403. The van der Waals surface area contributed by atoms with E-state index in [-0.39, 0.29) is 0 Å². The summed E-state index contributed by atoms with van der Waals surface area (Å²) in [5, 5.41) is 13.5. The second kappa shape index (κ2) is 4.41. The van der Waals surface area contributed by atoms with Gasteiger partial charge in [0.05, 0.1) is 6.61 Å². The van der Waals surface area contributed by atoms with Crippen LogP contribution in [0.3, 0.4) is 0 Å². The summed E-state index contributed by atoms with van der Waals surface area (Å²) in [7, 11) is 0. The van der Waals surface area contributed by atoms with Gasteiger partial charge in [0, 0.05) is 12.1 Å². The minimum Gasteiger partial charge on any atom is -0.493 e. The summed E-state index contributed by atoms with van der Waals surface area (Å²) in [5.41, 5.74) is 6.27. The van der Waals surface area contributed by atoms with E-state index in [0.29, 0.717) is 18.9 Å². The summed E-state index contributed by atoms with van der Waals surface area (Å²) in [6.45, 7) is 0.517. The topological polar surface area (TPSA) is 89.7 Å². The molecular weight excluding hydrogens is 194 g/mol. The molecule has 0 aliphatic rings. The van der Waals surface area contributed by atoms with E-state index >= 15 is 0 Å². The third kappa shape index (κ3) is 2.67. The molecule has 0 aliphatic carbocycles. The van der Waals surface area contributed by atoms with Gasteiger partial charge in [-0.2, -0.15) is 5.21 Å². The number of rotatable bonds is 4. The van der Waals surface area contributed by atoms with Crippen LogP contribution in [0.1, 0.15) is 5.82 Å². The fourth-order valence-electron chi connectivity index (χ4n) is 1.11. The van der Waals surface area contributed by atoms with Gasteiger partial charge in [0.2, 0.25) is 0 Å². The number of aromatic nitrogens is 4. The number of nitrogen functional groups attached to an aromatic ring is 1. The molecule has 0 amide bonds. The number of aromatic amines is 1. The number of nitrogens with two attached hydrogens (primary N) is 1. The summed E-state index contributed by atoms with van der Waals surface area (Å²) in [6, 6.07) is 7.24. The summed E-state index contributed by atoms with van der Waals surface area (Å²) < 4.78 is 5.46. The number of benzene rings is 1. The Bertz CT molecular complexity index is 397. The molecule has 0 atom stereocenters. The van der Waals surface area contributed by atoms with Crippen molar-refractivity contribution < 1.29 is 4.74 Å². The van der Waals surface area contributed by atoms with Crippen LogP contribution in [0.15, 0.2) is 24.3 Å². The molecule has 0 aliphatic heterocycles. The van der Waals surface area contributed by atoms with Crippen LogP contribution in [-0.4, -0.2) is 27.2 Å². The average Bonchev–Trinajstić information content (AvgIpc) is 2.74. The van der Waals surface area contributed by atoms with Crippen LogP contribution in [-0.2, 0) is 6.42 Å². The normalized spacial score (nSPS) is 10.1. The monoisotopic (exact) mass is 205 g/mol. The fourth-order valence-corrected chi connectivity index (χ4v) is 1.11. The van der Waals surface area contributed by atoms with Crippen molar-refractivity contribution in [2.75, 3.05) is 12.3 Å². The molecule has 6 nitrogen and oxygen atoms in total. The first kappa shape index (κ1) is 9.45. The van der Waals surface area contributed by atoms with E-state index in [1.165, 1.54) is 0 Å². The Hall–Kier alpha value is -2.11. The first-order valence-electron chi connectivity index (χ1n) is 4.55. The zero-order chi connectivity index (χ0) is 10.5. The van der Waals surface area contributed by atoms with Gasteiger partial charge >= 0.3 is 0 Å². The standard InChI is InChI=1S/C9H11N5O/c10-7-1-3-8(4-2-7)15-6-5-9-11-13-14-12-9/h1-4H,5-6,10H2,(H,11,12,13,14). The number of nitrogens with zero attached hydrogens (tertiary/aromatic N) is 3. The SMILES string of the molecule is Nc1ccc(OCCc2nn[nH]n2)cc1. The van der Waals surface area contributed by atoms with Crippen molar-refractivity contribution in [3.63, 3.8) is 0 Å². The lowest BCUT2D eigenvalue weighted by molar-refractivity contribution is 0.319. The fraction of sp³-hybridized carbons (Fsp3) is 0.222. The Morgan fingerprint density at radius 2 is 2.07 bits per heavy atom. The van der Waals surface area contributed by atoms with E-state index < -0.39 is 0 Å². The molecule has 3 N–H and O–H groups in total. The van der Waals surface area contributed by atoms with E-state index in [0.717, 1.165) is 11.4 Å². The number of tetrazole rings is 1. The summed E-state index contributed by atoms with van der Waals surface area (Å²) >= 11 is 0. The van der Waals surface area contributed by atoms with Crippen LogP contribution in [0.2, 0.25) is 0 Å². The molecule has 0 fully saturated rings. The molecule has 1 aromatic carbocycles. The Labute approximate surface area is 86.4 Å². The van der Waals surface area contributed by atoms with Gasteiger partial charge in [0.15, 0.2) is 5.82 Å². The number of nitrogens with one attached hydrogen (secondary N) is 1. The number of H-pyrrole nitrogens is 1. The van der Waals surface area contributed by atoms with Crippen molar-refractivity contribution >= 4 is 5.69 Å². The highest BCUT2D eigenvalue weighted by Crippen LogP contribution is 2.12. The molecule has 78 valence electrons. The summed E-state index contributed by atoms with van der Waals surface area (Å²) in [5.74, 6) is 1.43. The van der Waals surface area contributed by atoms with E-state index in [9.17, 15) is 0 Å². The van der Waals surface area contributed by atoms with Gasteiger partial charge in [0.25, 0.3) is 0 Å². The summed E-state index contributed by atoms with van der Waals surface area (Å²) in [4.78, 5) is 0. The third-order valence-corrected chi connectivity index (χ3v) is 1.86. The van der Waals surface area contributed by atoms with E-state index in [1.807, 2.05) is 12.1 Å². The van der Waals surface area contributed by atoms with Gasteiger partial charge in [-0.1, -0.05) is 5.21 Å². The van der Waals surface area contributed by atoms with Crippen LogP contribution < -0.4 is 10.5 Å². The van der Waals surface area contributed by atoms with Crippen molar-refractivity contribution in [3.05, 3.63) is 30.1 Å². The molecule has 0 bridgehead atoms. The van der Waals surface area contributed by atoms with Gasteiger partial charge < -0.3 is 10.5 Å². The zero-order valence-electron chi connectivity index (χ0n) is 8.05. The van der Waals surface area contributed by atoms with Gasteiger partial charge in [-0.25, -0.2) is 0 Å². The van der Waals surface area contributed by atoms with Gasteiger partial charge in [-0.3, -0.25) is 0 Å². The predicted molar refractivity (Wildman–Crippen MR) is 54.2 cm³/mol. The molecule has 0 saturated heterocycles. The lowest BCUT2D eigenvalue weighted by Crippen LogP contribution is -2.02. The maximum absolute atomic E-state index is 5.54. The van der Waals surface area contributed by atoms with Crippen molar-refractivity contribution in [3.8, 4) is 5.75 Å².